The van der Waals surface area contributed by atoms with E-state index in [-0.39, 0.29) is 0 Å². The standard InChI is InChI=1S/C16H18N4OS3/c22-16-20(17-15(21-16)14-4-2-10-24-14)12-19-7-5-18(6-8-19)11-13-3-1-9-23-13/h1-4,9-10H,5-8,11-12H2. The number of hydrogen-bond acceptors (Lipinski definition) is 7. The molecule has 1 aliphatic rings. The summed E-state index contributed by atoms with van der Waals surface area (Å²) < 4.78 is 7.42. The molecule has 24 heavy (non-hydrogen) atoms. The van der Waals surface area contributed by atoms with E-state index in [1.54, 1.807) is 16.0 Å². The van der Waals surface area contributed by atoms with Crippen LogP contribution in [0.1, 0.15) is 4.88 Å². The van der Waals surface area contributed by atoms with Crippen LogP contribution in [0.25, 0.3) is 10.8 Å². The van der Waals surface area contributed by atoms with Gasteiger partial charge in [-0.2, -0.15) is 0 Å². The lowest BCUT2D eigenvalue weighted by Gasteiger charge is -2.34. The fourth-order valence-electron chi connectivity index (χ4n) is 2.80. The van der Waals surface area contributed by atoms with Crippen molar-refractivity contribution < 1.29 is 4.42 Å². The molecule has 1 aliphatic heterocycles. The molecule has 0 unspecified atom stereocenters. The Bertz CT molecular complexity index is 814. The highest BCUT2D eigenvalue weighted by molar-refractivity contribution is 7.71. The molecule has 1 fully saturated rings. The number of hydrogen-bond donors (Lipinski definition) is 0. The molecule has 0 bridgehead atoms. The van der Waals surface area contributed by atoms with Crippen molar-refractivity contribution in [1.29, 1.82) is 0 Å². The zero-order chi connectivity index (χ0) is 16.4. The highest BCUT2D eigenvalue weighted by Gasteiger charge is 2.19. The van der Waals surface area contributed by atoms with Gasteiger partial charge in [0.15, 0.2) is 0 Å². The van der Waals surface area contributed by atoms with Crippen LogP contribution in [0.5, 0.6) is 0 Å². The van der Waals surface area contributed by atoms with Crippen LogP contribution in [0.3, 0.4) is 0 Å². The number of aromatic nitrogens is 2. The summed E-state index contributed by atoms with van der Waals surface area (Å²) in [6.45, 7) is 5.93. The first kappa shape index (κ1) is 16.2. The second kappa shape index (κ2) is 7.28. The van der Waals surface area contributed by atoms with E-state index < -0.39 is 0 Å². The summed E-state index contributed by atoms with van der Waals surface area (Å²) in [7, 11) is 0. The van der Waals surface area contributed by atoms with Gasteiger partial charge in [0.1, 0.15) is 0 Å². The molecular formula is C16H18N4OS3. The molecule has 1 saturated heterocycles. The molecule has 0 aliphatic carbocycles. The molecule has 0 amide bonds. The first-order chi connectivity index (χ1) is 11.8. The maximum absolute atomic E-state index is 5.63. The third-order valence-corrected chi connectivity index (χ3v) is 6.11. The number of rotatable bonds is 5. The van der Waals surface area contributed by atoms with E-state index in [9.17, 15) is 0 Å². The molecule has 3 aromatic heterocycles. The summed E-state index contributed by atoms with van der Waals surface area (Å²) in [6, 6.07) is 8.31. The topological polar surface area (TPSA) is 37.4 Å². The van der Waals surface area contributed by atoms with Crippen molar-refractivity contribution in [2.45, 2.75) is 13.2 Å². The van der Waals surface area contributed by atoms with Gasteiger partial charge in [-0.25, -0.2) is 4.68 Å². The van der Waals surface area contributed by atoms with Crippen LogP contribution >= 0.6 is 34.9 Å². The van der Waals surface area contributed by atoms with E-state index in [1.165, 1.54) is 4.88 Å². The first-order valence-corrected chi connectivity index (χ1v) is 10.0. The summed E-state index contributed by atoms with van der Waals surface area (Å²) in [5, 5.41) is 8.68. The molecule has 0 atom stereocenters. The highest BCUT2D eigenvalue weighted by atomic mass is 32.1. The van der Waals surface area contributed by atoms with Crippen molar-refractivity contribution in [2.24, 2.45) is 0 Å². The van der Waals surface area contributed by atoms with Gasteiger partial charge in [0.25, 0.3) is 10.7 Å². The van der Waals surface area contributed by atoms with Crippen LogP contribution in [0.4, 0.5) is 0 Å². The monoisotopic (exact) mass is 378 g/mol. The largest absolute Gasteiger partial charge is 0.408 e. The van der Waals surface area contributed by atoms with Crippen LogP contribution in [0.2, 0.25) is 0 Å². The minimum Gasteiger partial charge on any atom is -0.408 e. The summed E-state index contributed by atoms with van der Waals surface area (Å²) in [6.07, 6.45) is 0. The lowest BCUT2D eigenvalue weighted by Crippen LogP contribution is -2.46. The molecule has 0 radical (unpaired) electrons. The SMILES string of the molecule is S=c1oc(-c2cccs2)nn1CN1CCN(Cc2cccs2)CC1. The Morgan fingerprint density at radius 2 is 1.79 bits per heavy atom. The van der Waals surface area contributed by atoms with Crippen LogP contribution in [-0.4, -0.2) is 45.8 Å². The Balaban J connectivity index is 1.35. The van der Waals surface area contributed by atoms with Gasteiger partial charge in [0.2, 0.25) is 0 Å². The molecule has 0 N–H and O–H groups in total. The summed E-state index contributed by atoms with van der Waals surface area (Å²) in [5.41, 5.74) is 0. The van der Waals surface area contributed by atoms with E-state index in [0.29, 0.717) is 17.4 Å². The maximum Gasteiger partial charge on any atom is 0.288 e. The first-order valence-electron chi connectivity index (χ1n) is 7.87. The van der Waals surface area contributed by atoms with E-state index in [4.69, 9.17) is 16.6 Å². The lowest BCUT2D eigenvalue weighted by molar-refractivity contribution is 0.0980. The Morgan fingerprint density at radius 1 is 1.04 bits per heavy atom. The number of piperazine rings is 1. The second-order valence-electron chi connectivity index (χ2n) is 5.76. The van der Waals surface area contributed by atoms with E-state index in [2.05, 4.69) is 32.4 Å². The van der Waals surface area contributed by atoms with Gasteiger partial charge >= 0.3 is 0 Å². The van der Waals surface area contributed by atoms with Crippen LogP contribution in [0.15, 0.2) is 39.4 Å². The zero-order valence-electron chi connectivity index (χ0n) is 13.1. The molecule has 3 aromatic rings. The second-order valence-corrected chi connectivity index (χ2v) is 8.09. The van der Waals surface area contributed by atoms with E-state index >= 15 is 0 Å². The van der Waals surface area contributed by atoms with Gasteiger partial charge in [-0.3, -0.25) is 9.80 Å². The quantitative estimate of drug-likeness (QED) is 0.632. The lowest BCUT2D eigenvalue weighted by atomic mass is 10.3. The Morgan fingerprint density at radius 3 is 2.50 bits per heavy atom. The molecule has 126 valence electrons. The fourth-order valence-corrected chi connectivity index (χ4v) is 4.36. The average molecular weight is 379 g/mol. The van der Waals surface area contributed by atoms with Crippen molar-refractivity contribution in [3.05, 3.63) is 44.7 Å². The van der Waals surface area contributed by atoms with Crippen molar-refractivity contribution in [1.82, 2.24) is 19.6 Å². The minimum absolute atomic E-state index is 0.444. The maximum atomic E-state index is 5.63. The van der Waals surface area contributed by atoms with Gasteiger partial charge in [0.05, 0.1) is 11.5 Å². The number of thiophene rings is 2. The molecule has 0 saturated carbocycles. The van der Waals surface area contributed by atoms with Gasteiger partial charge < -0.3 is 4.42 Å². The normalized spacial score (nSPS) is 16.7. The van der Waals surface area contributed by atoms with Crippen molar-refractivity contribution in [3.63, 3.8) is 0 Å². The molecule has 0 aromatic carbocycles. The van der Waals surface area contributed by atoms with Gasteiger partial charge in [-0.05, 0) is 35.1 Å². The molecular weight excluding hydrogens is 360 g/mol. The van der Waals surface area contributed by atoms with Gasteiger partial charge in [-0.15, -0.1) is 27.8 Å². The predicted octanol–water partition coefficient (Wildman–Crippen LogP) is 3.77. The van der Waals surface area contributed by atoms with E-state index in [1.807, 2.05) is 28.8 Å². The summed E-state index contributed by atoms with van der Waals surface area (Å²) >= 11 is 8.76. The zero-order valence-corrected chi connectivity index (χ0v) is 15.6. The van der Waals surface area contributed by atoms with Gasteiger partial charge in [-0.1, -0.05) is 12.1 Å². The van der Waals surface area contributed by atoms with Crippen LogP contribution in [-0.2, 0) is 13.2 Å². The van der Waals surface area contributed by atoms with E-state index in [0.717, 1.165) is 37.6 Å². The third-order valence-electron chi connectivity index (χ3n) is 4.10. The Hall–Kier alpha value is -1.32. The molecule has 0 spiro atoms. The summed E-state index contributed by atoms with van der Waals surface area (Å²) in [4.78, 5) is 7.77. The molecule has 5 nitrogen and oxygen atoms in total. The molecule has 4 rings (SSSR count). The molecule has 8 heteroatoms. The van der Waals surface area contributed by atoms with Crippen LogP contribution in [0, 0.1) is 4.84 Å². The van der Waals surface area contributed by atoms with Crippen molar-refractivity contribution in [3.8, 4) is 10.8 Å². The minimum atomic E-state index is 0.444. The third kappa shape index (κ3) is 3.68. The number of nitrogens with zero attached hydrogens (tertiary/aromatic N) is 4. The van der Waals surface area contributed by atoms with Gasteiger partial charge in [0, 0.05) is 37.6 Å². The van der Waals surface area contributed by atoms with Crippen molar-refractivity contribution >= 4 is 34.9 Å². The molecule has 4 heterocycles. The fraction of sp³-hybridized carbons (Fsp3) is 0.375. The average Bonchev–Trinajstić information content (AvgIpc) is 3.32. The van der Waals surface area contributed by atoms with Crippen molar-refractivity contribution in [2.75, 3.05) is 26.2 Å². The van der Waals surface area contributed by atoms with Crippen LogP contribution < -0.4 is 0 Å². The smallest absolute Gasteiger partial charge is 0.288 e. The summed E-state index contributed by atoms with van der Waals surface area (Å²) in [5.74, 6) is 0.617. The Labute approximate surface area is 153 Å². The highest BCUT2D eigenvalue weighted by Crippen LogP contribution is 2.23. The predicted molar refractivity (Wildman–Crippen MR) is 99.8 cm³/mol. The Kier molecular flexibility index (Phi) is 4.91.